The van der Waals surface area contributed by atoms with Crippen LogP contribution in [0.15, 0.2) is 0 Å². The van der Waals surface area contributed by atoms with Gasteiger partial charge < -0.3 is 42.6 Å². The fourth-order valence-electron chi connectivity index (χ4n) is 1.26. The lowest BCUT2D eigenvalue weighted by Crippen LogP contribution is -2.31. The standard InChI is InChI=1S/C8H16N2O4.2C3H7NO2/c9-5(7(11)12)3-1-2-4-6(10)8(13)14;2*1-6-2-3(4)5/h5-6H,1-4,9-10H2,(H,11,12)(H,13,14);2*2H2,1H3,(H2,4,5). The van der Waals surface area contributed by atoms with Crippen LogP contribution in [0.25, 0.3) is 0 Å². The third kappa shape index (κ3) is 26.6. The topological polar surface area (TPSA) is 231 Å². The molecule has 0 spiro atoms. The molecule has 0 rings (SSSR count). The van der Waals surface area contributed by atoms with Crippen LogP contribution in [0, 0.1) is 0 Å². The number of carboxylic acids is 2. The average Bonchev–Trinajstić information content (AvgIpc) is 2.51. The second-order valence-electron chi connectivity index (χ2n) is 4.97. The zero-order valence-corrected chi connectivity index (χ0v) is 15.1. The Hall–Kier alpha value is -2.28. The molecule has 26 heavy (non-hydrogen) atoms. The molecule has 2 amide bonds. The van der Waals surface area contributed by atoms with Crippen molar-refractivity contribution < 1.29 is 38.9 Å². The quantitative estimate of drug-likeness (QED) is 0.207. The number of unbranched alkanes of at least 4 members (excludes halogenated alkanes) is 1. The summed E-state index contributed by atoms with van der Waals surface area (Å²) < 4.78 is 8.66. The number of primary amides is 2. The number of amides is 2. The van der Waals surface area contributed by atoms with Crippen LogP contribution in [-0.2, 0) is 28.7 Å². The minimum absolute atomic E-state index is 0.0139. The molecule has 0 fully saturated rings. The number of nitrogens with two attached hydrogens (primary N) is 4. The van der Waals surface area contributed by atoms with Crippen LogP contribution < -0.4 is 22.9 Å². The van der Waals surface area contributed by atoms with Gasteiger partial charge in [-0.1, -0.05) is 12.8 Å². The van der Waals surface area contributed by atoms with Crippen molar-refractivity contribution in [2.75, 3.05) is 27.4 Å². The van der Waals surface area contributed by atoms with E-state index in [-0.39, 0.29) is 13.2 Å². The first kappa shape index (κ1) is 28.5. The lowest BCUT2D eigenvalue weighted by atomic mass is 10.1. The second-order valence-corrected chi connectivity index (χ2v) is 4.97. The van der Waals surface area contributed by atoms with Crippen molar-refractivity contribution in [1.29, 1.82) is 0 Å². The Morgan fingerprint density at radius 2 is 1.04 bits per heavy atom. The molecular weight excluding hydrogens is 352 g/mol. The van der Waals surface area contributed by atoms with E-state index in [1.165, 1.54) is 14.2 Å². The lowest BCUT2D eigenvalue weighted by molar-refractivity contribution is -0.139. The van der Waals surface area contributed by atoms with Crippen LogP contribution in [0.3, 0.4) is 0 Å². The van der Waals surface area contributed by atoms with Gasteiger partial charge >= 0.3 is 11.9 Å². The molecule has 0 heterocycles. The van der Waals surface area contributed by atoms with Crippen LogP contribution in [0.1, 0.15) is 25.7 Å². The zero-order chi connectivity index (χ0) is 21.1. The Kier molecular flexibility index (Phi) is 20.9. The molecule has 0 aliphatic rings. The maximum atomic E-state index is 10.3. The van der Waals surface area contributed by atoms with Crippen molar-refractivity contribution in [3.05, 3.63) is 0 Å². The fraction of sp³-hybridized carbons (Fsp3) is 0.714. The molecule has 154 valence electrons. The van der Waals surface area contributed by atoms with Crippen molar-refractivity contribution in [3.63, 3.8) is 0 Å². The molecule has 0 aromatic heterocycles. The zero-order valence-electron chi connectivity index (χ0n) is 15.1. The van der Waals surface area contributed by atoms with Crippen molar-refractivity contribution in [2.45, 2.75) is 37.8 Å². The molecule has 0 aliphatic carbocycles. The van der Waals surface area contributed by atoms with E-state index in [1.807, 2.05) is 0 Å². The van der Waals surface area contributed by atoms with Crippen LogP contribution in [0.4, 0.5) is 0 Å². The van der Waals surface area contributed by atoms with Crippen LogP contribution >= 0.6 is 0 Å². The molecule has 0 aromatic carbocycles. The van der Waals surface area contributed by atoms with Gasteiger partial charge in [-0.3, -0.25) is 19.2 Å². The third-order valence-corrected chi connectivity index (χ3v) is 2.49. The molecule has 0 aromatic rings. The van der Waals surface area contributed by atoms with E-state index in [4.69, 9.17) is 21.7 Å². The number of carboxylic acid groups (broad SMARTS) is 2. The van der Waals surface area contributed by atoms with Crippen LogP contribution in [0.5, 0.6) is 0 Å². The van der Waals surface area contributed by atoms with Gasteiger partial charge in [-0.2, -0.15) is 0 Å². The minimum atomic E-state index is -1.03. The highest BCUT2D eigenvalue weighted by Crippen LogP contribution is 2.04. The second kappa shape index (κ2) is 19.1. The lowest BCUT2D eigenvalue weighted by Gasteiger charge is -2.07. The summed E-state index contributed by atoms with van der Waals surface area (Å²) in [6.07, 6.45) is 1.85. The summed E-state index contributed by atoms with van der Waals surface area (Å²) in [7, 11) is 2.84. The van der Waals surface area contributed by atoms with Gasteiger partial charge in [0.2, 0.25) is 11.8 Å². The van der Waals surface area contributed by atoms with Crippen molar-refractivity contribution in [1.82, 2.24) is 0 Å². The maximum Gasteiger partial charge on any atom is 0.320 e. The normalized spacial score (nSPS) is 11.7. The van der Waals surface area contributed by atoms with E-state index in [1.54, 1.807) is 0 Å². The van der Waals surface area contributed by atoms with Crippen molar-refractivity contribution >= 4 is 23.8 Å². The maximum absolute atomic E-state index is 10.3. The summed E-state index contributed by atoms with van der Waals surface area (Å²) >= 11 is 0. The predicted molar refractivity (Wildman–Crippen MR) is 91.8 cm³/mol. The van der Waals surface area contributed by atoms with Gasteiger partial charge in [0, 0.05) is 14.2 Å². The van der Waals surface area contributed by atoms with E-state index < -0.39 is 35.8 Å². The number of carbonyl (C=O) groups excluding carboxylic acids is 2. The molecule has 0 bridgehead atoms. The molecule has 12 nitrogen and oxygen atoms in total. The molecule has 0 saturated heterocycles. The number of methoxy groups -OCH3 is 2. The summed E-state index contributed by atoms with van der Waals surface area (Å²) in [4.78, 5) is 40.0. The van der Waals surface area contributed by atoms with Crippen LogP contribution in [-0.4, -0.2) is 73.5 Å². The first-order chi connectivity index (χ1) is 12.0. The molecule has 0 aliphatic heterocycles. The smallest absolute Gasteiger partial charge is 0.320 e. The third-order valence-electron chi connectivity index (χ3n) is 2.49. The summed E-state index contributed by atoms with van der Waals surface area (Å²) in [5, 5.41) is 16.9. The van der Waals surface area contributed by atoms with Crippen LogP contribution in [0.2, 0.25) is 0 Å². The van der Waals surface area contributed by atoms with Gasteiger partial charge in [-0.15, -0.1) is 0 Å². The van der Waals surface area contributed by atoms with Gasteiger partial charge in [-0.25, -0.2) is 0 Å². The van der Waals surface area contributed by atoms with E-state index in [0.717, 1.165) is 0 Å². The van der Waals surface area contributed by atoms with Gasteiger partial charge in [0.1, 0.15) is 25.3 Å². The highest BCUT2D eigenvalue weighted by molar-refractivity contribution is 5.75. The van der Waals surface area contributed by atoms with Crippen molar-refractivity contribution in [2.24, 2.45) is 22.9 Å². The number of carbonyl (C=O) groups is 4. The minimum Gasteiger partial charge on any atom is -0.480 e. The SMILES string of the molecule is COCC(N)=O.COCC(N)=O.NC(CCCCC(N)C(=O)O)C(=O)O. The average molecular weight is 382 g/mol. The molecular formula is C14H30N4O8. The monoisotopic (exact) mass is 382 g/mol. The predicted octanol–water partition coefficient (Wildman–Crippen LogP) is -2.39. The van der Waals surface area contributed by atoms with E-state index in [9.17, 15) is 19.2 Å². The van der Waals surface area contributed by atoms with Gasteiger partial charge in [-0.05, 0) is 12.8 Å². The highest BCUT2D eigenvalue weighted by atomic mass is 16.5. The Labute approximate surface area is 151 Å². The summed E-state index contributed by atoms with van der Waals surface area (Å²) in [5.41, 5.74) is 19.8. The first-order valence-electron chi connectivity index (χ1n) is 7.50. The van der Waals surface area contributed by atoms with E-state index in [0.29, 0.717) is 25.7 Å². The number of rotatable bonds is 11. The number of hydrogen-bond donors (Lipinski definition) is 6. The Morgan fingerprint density at radius 1 is 0.769 bits per heavy atom. The molecule has 12 heteroatoms. The number of aliphatic carboxylic acids is 2. The molecule has 2 unspecified atom stereocenters. The summed E-state index contributed by atoms with van der Waals surface area (Å²) in [6, 6.07) is -1.73. The highest BCUT2D eigenvalue weighted by Gasteiger charge is 2.13. The van der Waals surface area contributed by atoms with E-state index in [2.05, 4.69) is 20.9 Å². The Bertz CT molecular complexity index is 382. The fourth-order valence-corrected chi connectivity index (χ4v) is 1.26. The van der Waals surface area contributed by atoms with Gasteiger partial charge in [0.25, 0.3) is 0 Å². The van der Waals surface area contributed by atoms with Crippen molar-refractivity contribution in [3.8, 4) is 0 Å². The Morgan fingerprint density at radius 3 is 1.15 bits per heavy atom. The molecule has 0 saturated carbocycles. The first-order valence-corrected chi connectivity index (χ1v) is 7.50. The number of hydrogen-bond acceptors (Lipinski definition) is 8. The van der Waals surface area contributed by atoms with Gasteiger partial charge in [0.05, 0.1) is 0 Å². The van der Waals surface area contributed by atoms with E-state index >= 15 is 0 Å². The Balaban J connectivity index is -0.000000364. The van der Waals surface area contributed by atoms with Gasteiger partial charge in [0.15, 0.2) is 0 Å². The molecule has 2 atom stereocenters. The largest absolute Gasteiger partial charge is 0.480 e. The number of ether oxygens (including phenoxy) is 2. The summed E-state index contributed by atoms with van der Waals surface area (Å²) in [6.45, 7) is 0.0278. The molecule has 10 N–H and O–H groups in total. The summed E-state index contributed by atoms with van der Waals surface area (Å²) in [5.74, 6) is -2.94. The molecule has 0 radical (unpaired) electrons.